The van der Waals surface area contributed by atoms with Gasteiger partial charge in [-0.15, -0.1) is 0 Å². The first kappa shape index (κ1) is 21.1. The minimum absolute atomic E-state index is 0.119. The zero-order valence-corrected chi connectivity index (χ0v) is 16.5. The van der Waals surface area contributed by atoms with E-state index in [0.29, 0.717) is 19.4 Å². The number of anilines is 1. The van der Waals surface area contributed by atoms with Crippen molar-refractivity contribution in [2.45, 2.75) is 44.3 Å². The van der Waals surface area contributed by atoms with E-state index in [1.54, 1.807) is 17.0 Å². The molecule has 0 spiro atoms. The van der Waals surface area contributed by atoms with Gasteiger partial charge in [0.15, 0.2) is 5.65 Å². The number of rotatable bonds is 4. The third-order valence-electron chi connectivity index (χ3n) is 5.58. The van der Waals surface area contributed by atoms with Crippen molar-refractivity contribution in [3.63, 3.8) is 0 Å². The molecular weight excluding hydrogens is 414 g/mol. The number of piperidine rings is 1. The van der Waals surface area contributed by atoms with Crippen LogP contribution in [0.5, 0.6) is 0 Å². The Balaban J connectivity index is 1.61. The number of halogens is 4. The number of carbonyl (C=O) groups is 1. The first-order chi connectivity index (χ1) is 14.7. The van der Waals surface area contributed by atoms with Crippen LogP contribution in [0.25, 0.3) is 11.0 Å². The zero-order valence-electron chi connectivity index (χ0n) is 16.5. The van der Waals surface area contributed by atoms with E-state index in [2.05, 4.69) is 15.2 Å². The van der Waals surface area contributed by atoms with Crippen LogP contribution in [0, 0.1) is 5.82 Å². The van der Waals surface area contributed by atoms with Crippen molar-refractivity contribution in [2.24, 2.45) is 0 Å². The molecule has 0 radical (unpaired) electrons. The summed E-state index contributed by atoms with van der Waals surface area (Å²) in [7, 11) is 0. The Hall–Kier alpha value is -3.17. The number of aromatic nitrogens is 3. The van der Waals surface area contributed by atoms with Gasteiger partial charge in [-0.3, -0.25) is 9.89 Å². The van der Waals surface area contributed by atoms with Crippen molar-refractivity contribution in [3.05, 3.63) is 53.0 Å². The number of likely N-dealkylation sites (tertiary alicyclic amines) is 1. The third kappa shape index (κ3) is 4.33. The minimum atomic E-state index is -4.64. The van der Waals surface area contributed by atoms with Crippen molar-refractivity contribution in [3.8, 4) is 0 Å². The quantitative estimate of drug-likeness (QED) is 0.595. The lowest BCUT2D eigenvalue weighted by Crippen LogP contribution is -2.39. The predicted octanol–water partition coefficient (Wildman–Crippen LogP) is 4.38. The van der Waals surface area contributed by atoms with Crippen LogP contribution in [0.15, 0.2) is 30.3 Å². The van der Waals surface area contributed by atoms with Crippen LogP contribution in [0.3, 0.4) is 0 Å². The molecule has 10 heteroatoms. The number of fused-ring (bicyclic) bond motifs is 1. The van der Waals surface area contributed by atoms with Gasteiger partial charge in [-0.25, -0.2) is 9.37 Å². The van der Waals surface area contributed by atoms with Crippen LogP contribution >= 0.6 is 0 Å². The molecule has 0 aliphatic carbocycles. The number of amides is 1. The second kappa shape index (κ2) is 8.16. The zero-order chi connectivity index (χ0) is 22.2. The van der Waals surface area contributed by atoms with E-state index in [0.717, 1.165) is 24.5 Å². The molecule has 1 aliphatic heterocycles. The van der Waals surface area contributed by atoms with Crippen LogP contribution in [-0.4, -0.2) is 32.5 Å². The number of hydrogen-bond acceptors (Lipinski definition) is 4. The van der Waals surface area contributed by atoms with E-state index in [4.69, 9.17) is 5.73 Å². The average molecular weight is 435 g/mol. The number of benzene rings is 1. The monoisotopic (exact) mass is 435 g/mol. The van der Waals surface area contributed by atoms with Crippen LogP contribution in [0.4, 0.5) is 23.4 Å². The number of aryl methyl sites for hydroxylation is 1. The van der Waals surface area contributed by atoms with Gasteiger partial charge < -0.3 is 10.6 Å². The molecule has 1 aromatic carbocycles. The number of hydrogen-bond donors (Lipinski definition) is 2. The number of aromatic amines is 1. The van der Waals surface area contributed by atoms with Crippen LogP contribution < -0.4 is 5.73 Å². The Bertz CT molecular complexity index is 1090. The molecule has 3 aromatic rings. The predicted molar refractivity (Wildman–Crippen MR) is 106 cm³/mol. The maximum Gasteiger partial charge on any atom is 0.417 e. The van der Waals surface area contributed by atoms with Gasteiger partial charge in [-0.2, -0.15) is 18.3 Å². The van der Waals surface area contributed by atoms with Crippen LogP contribution in [-0.2, 0) is 17.4 Å². The summed E-state index contributed by atoms with van der Waals surface area (Å²) in [5.41, 5.74) is 5.57. The van der Waals surface area contributed by atoms with E-state index >= 15 is 0 Å². The first-order valence-electron chi connectivity index (χ1n) is 9.99. The number of alkyl halides is 3. The summed E-state index contributed by atoms with van der Waals surface area (Å²) < 4.78 is 54.1. The van der Waals surface area contributed by atoms with E-state index in [-0.39, 0.29) is 40.7 Å². The topological polar surface area (TPSA) is 87.9 Å². The molecule has 1 amide bonds. The fraction of sp³-hybridized carbons (Fsp3) is 0.381. The fourth-order valence-corrected chi connectivity index (χ4v) is 4.04. The lowest BCUT2D eigenvalue weighted by molar-refractivity contribution is -0.136. The largest absolute Gasteiger partial charge is 0.417 e. The van der Waals surface area contributed by atoms with Gasteiger partial charge in [-0.1, -0.05) is 12.1 Å². The van der Waals surface area contributed by atoms with Crippen molar-refractivity contribution in [1.29, 1.82) is 0 Å². The van der Waals surface area contributed by atoms with E-state index in [1.807, 2.05) is 0 Å². The molecule has 1 aliphatic rings. The average Bonchev–Trinajstić information content (AvgIpc) is 3.12. The third-order valence-corrected chi connectivity index (χ3v) is 5.58. The highest BCUT2D eigenvalue weighted by molar-refractivity contribution is 5.90. The highest BCUT2D eigenvalue weighted by atomic mass is 19.4. The number of nitrogens with one attached hydrogen (secondary N) is 1. The lowest BCUT2D eigenvalue weighted by atomic mass is 9.96. The van der Waals surface area contributed by atoms with Gasteiger partial charge in [0.25, 0.3) is 0 Å². The van der Waals surface area contributed by atoms with Gasteiger partial charge in [0, 0.05) is 13.0 Å². The summed E-state index contributed by atoms with van der Waals surface area (Å²) in [6.45, 7) is 0.441. The van der Waals surface area contributed by atoms with E-state index in [1.165, 1.54) is 12.1 Å². The molecule has 6 nitrogen and oxygen atoms in total. The van der Waals surface area contributed by atoms with Gasteiger partial charge in [-0.05, 0) is 49.4 Å². The second-order valence-electron chi connectivity index (χ2n) is 7.65. The van der Waals surface area contributed by atoms with Crippen LogP contribution in [0.2, 0.25) is 0 Å². The molecule has 0 bridgehead atoms. The Labute approximate surface area is 175 Å². The Morgan fingerprint density at radius 1 is 1.23 bits per heavy atom. The Morgan fingerprint density at radius 2 is 1.97 bits per heavy atom. The van der Waals surface area contributed by atoms with Crippen LogP contribution in [0.1, 0.15) is 48.5 Å². The summed E-state index contributed by atoms with van der Waals surface area (Å²) in [6, 6.07) is 6.29. The van der Waals surface area contributed by atoms with Gasteiger partial charge in [0.05, 0.1) is 22.7 Å². The molecule has 1 atom stereocenters. The van der Waals surface area contributed by atoms with Crippen molar-refractivity contribution < 1.29 is 22.4 Å². The van der Waals surface area contributed by atoms with Crippen molar-refractivity contribution in [1.82, 2.24) is 20.1 Å². The molecular formula is C21H21F4N5O. The SMILES string of the molecule is Nc1[nH]nc2nc(C3CCCCN3C(=O)CCc3ccc(F)cc3)cc(C(F)(F)F)c12. The minimum Gasteiger partial charge on any atom is -0.383 e. The molecule has 31 heavy (non-hydrogen) atoms. The number of nitrogen functional groups attached to an aromatic ring is 1. The summed E-state index contributed by atoms with van der Waals surface area (Å²) in [4.78, 5) is 18.8. The molecule has 0 saturated carbocycles. The molecule has 3 N–H and O–H groups in total. The van der Waals surface area contributed by atoms with E-state index in [9.17, 15) is 22.4 Å². The smallest absolute Gasteiger partial charge is 0.383 e. The second-order valence-corrected chi connectivity index (χ2v) is 7.65. The van der Waals surface area contributed by atoms with Gasteiger partial charge >= 0.3 is 6.18 Å². The molecule has 4 rings (SSSR count). The Kier molecular flexibility index (Phi) is 5.55. The highest BCUT2D eigenvalue weighted by Crippen LogP contribution is 2.39. The molecule has 164 valence electrons. The number of H-pyrrole nitrogens is 1. The molecule has 2 aromatic heterocycles. The Morgan fingerprint density at radius 3 is 2.68 bits per heavy atom. The summed E-state index contributed by atoms with van der Waals surface area (Å²) in [5, 5.41) is 5.90. The first-order valence-corrected chi connectivity index (χ1v) is 9.99. The van der Waals surface area contributed by atoms with Gasteiger partial charge in [0.1, 0.15) is 11.6 Å². The summed E-state index contributed by atoms with van der Waals surface area (Å²) >= 11 is 0. The van der Waals surface area contributed by atoms with Crippen molar-refractivity contribution >= 4 is 22.8 Å². The fourth-order valence-electron chi connectivity index (χ4n) is 4.04. The maximum atomic E-state index is 13.7. The summed E-state index contributed by atoms with van der Waals surface area (Å²) in [6.07, 6.45) is -2.00. The normalized spacial score (nSPS) is 17.3. The van der Waals surface area contributed by atoms with E-state index < -0.39 is 17.8 Å². The molecule has 1 unspecified atom stereocenters. The number of pyridine rings is 1. The molecule has 1 fully saturated rings. The van der Waals surface area contributed by atoms with Gasteiger partial charge in [0.2, 0.25) is 5.91 Å². The van der Waals surface area contributed by atoms with Crippen molar-refractivity contribution in [2.75, 3.05) is 12.3 Å². The lowest BCUT2D eigenvalue weighted by Gasteiger charge is -2.35. The summed E-state index contributed by atoms with van der Waals surface area (Å²) in [5.74, 6) is -0.726. The number of nitrogens with zero attached hydrogens (tertiary/aromatic N) is 3. The molecule has 1 saturated heterocycles. The highest BCUT2D eigenvalue weighted by Gasteiger charge is 2.37. The standard InChI is InChI=1S/C21H21F4N5O/c22-13-7-4-12(5-8-13)6-9-17(31)30-10-2-1-3-16(30)15-11-14(21(23,24)25)18-19(26)28-29-20(18)27-15/h4-5,7-8,11,16H,1-3,6,9-10H2,(H3,26,27,28,29). The number of carbonyl (C=O) groups excluding carboxylic acids is 1. The molecule has 3 heterocycles. The number of nitrogens with two attached hydrogens (primary N) is 1. The maximum absolute atomic E-state index is 13.7.